The summed E-state index contributed by atoms with van der Waals surface area (Å²) in [5, 5.41) is 0. The Labute approximate surface area is 196 Å². The van der Waals surface area contributed by atoms with Crippen LogP contribution in [0.2, 0.25) is 0 Å². The van der Waals surface area contributed by atoms with E-state index in [9.17, 15) is 9.59 Å². The summed E-state index contributed by atoms with van der Waals surface area (Å²) in [6.45, 7) is 5.42. The Morgan fingerprint density at radius 3 is 2.79 bits per heavy atom. The minimum atomic E-state index is -0.187. The molecule has 0 N–H and O–H groups in total. The van der Waals surface area contributed by atoms with Gasteiger partial charge in [0, 0.05) is 38.8 Å². The number of amides is 1. The van der Waals surface area contributed by atoms with Gasteiger partial charge in [-0.15, -0.1) is 0 Å². The molecule has 0 aliphatic carbocycles. The van der Waals surface area contributed by atoms with Crippen molar-refractivity contribution in [3.8, 4) is 5.75 Å². The molecule has 5 rings (SSSR count). The number of aldehydes is 1. The summed E-state index contributed by atoms with van der Waals surface area (Å²) in [5.74, 6) is 0.605. The van der Waals surface area contributed by atoms with Crippen molar-refractivity contribution in [2.75, 3.05) is 39.8 Å². The minimum absolute atomic E-state index is 0.00158. The summed E-state index contributed by atoms with van der Waals surface area (Å²) < 4.78 is 5.38. The predicted octanol–water partition coefficient (Wildman–Crippen LogP) is 3.30. The van der Waals surface area contributed by atoms with Crippen LogP contribution >= 0.6 is 0 Å². The van der Waals surface area contributed by atoms with Gasteiger partial charge >= 0.3 is 0 Å². The molecule has 3 aliphatic heterocycles. The van der Waals surface area contributed by atoms with Crippen LogP contribution in [0.3, 0.4) is 0 Å². The molecule has 2 unspecified atom stereocenters. The maximum atomic E-state index is 13.1. The summed E-state index contributed by atoms with van der Waals surface area (Å²) >= 11 is 0. The molecule has 2 aromatic rings. The second kappa shape index (κ2) is 9.65. The van der Waals surface area contributed by atoms with E-state index in [1.54, 1.807) is 7.11 Å². The summed E-state index contributed by atoms with van der Waals surface area (Å²) in [5.41, 5.74) is 4.09. The average molecular weight is 448 g/mol. The van der Waals surface area contributed by atoms with Crippen molar-refractivity contribution < 1.29 is 14.3 Å². The fraction of sp³-hybridized carbons (Fsp3) is 0.481. The quantitative estimate of drug-likeness (QED) is 0.659. The Kier molecular flexibility index (Phi) is 6.47. The van der Waals surface area contributed by atoms with Gasteiger partial charge in [-0.3, -0.25) is 14.6 Å². The van der Waals surface area contributed by atoms with Gasteiger partial charge < -0.3 is 14.4 Å². The molecule has 174 valence electrons. The van der Waals surface area contributed by atoms with Crippen molar-refractivity contribution >= 4 is 12.2 Å². The molecular formula is C27H33N3O3. The fourth-order valence-electron chi connectivity index (χ4n) is 5.73. The van der Waals surface area contributed by atoms with Crippen LogP contribution in [-0.2, 0) is 17.8 Å². The molecule has 2 saturated heterocycles. The lowest BCUT2D eigenvalue weighted by Crippen LogP contribution is -2.55. The topological polar surface area (TPSA) is 53.1 Å². The zero-order valence-electron chi connectivity index (χ0n) is 19.4. The minimum Gasteiger partial charge on any atom is -0.496 e. The predicted molar refractivity (Wildman–Crippen MR) is 127 cm³/mol. The molecule has 3 heterocycles. The first kappa shape index (κ1) is 22.1. The lowest BCUT2D eigenvalue weighted by molar-refractivity contribution is -0.114. The first-order chi connectivity index (χ1) is 16.2. The maximum Gasteiger partial charge on any atom is 0.257 e. The monoisotopic (exact) mass is 447 g/mol. The number of para-hydroxylation sites is 1. The van der Waals surface area contributed by atoms with Crippen LogP contribution in [-0.4, -0.2) is 72.8 Å². The van der Waals surface area contributed by atoms with E-state index in [4.69, 9.17) is 4.74 Å². The zero-order chi connectivity index (χ0) is 22.8. The molecule has 0 bridgehead atoms. The third-order valence-electron chi connectivity index (χ3n) is 7.60. The molecule has 0 radical (unpaired) electrons. The number of benzene rings is 2. The van der Waals surface area contributed by atoms with Gasteiger partial charge in [-0.05, 0) is 54.6 Å². The van der Waals surface area contributed by atoms with Crippen molar-refractivity contribution in [3.63, 3.8) is 0 Å². The number of hydrogen-bond acceptors (Lipinski definition) is 5. The molecule has 6 heteroatoms. The van der Waals surface area contributed by atoms with E-state index < -0.39 is 0 Å². The van der Waals surface area contributed by atoms with Crippen LogP contribution in [0.5, 0.6) is 5.75 Å². The molecule has 0 spiro atoms. The molecule has 6 nitrogen and oxygen atoms in total. The number of piperidine rings is 1. The highest BCUT2D eigenvalue weighted by molar-refractivity contribution is 5.97. The molecule has 2 atom stereocenters. The number of nitrogens with zero attached hydrogens (tertiary/aromatic N) is 3. The number of hydrogen-bond donors (Lipinski definition) is 0. The lowest BCUT2D eigenvalue weighted by Gasteiger charge is -2.45. The number of piperazine rings is 1. The van der Waals surface area contributed by atoms with Gasteiger partial charge in [0.25, 0.3) is 5.91 Å². The van der Waals surface area contributed by atoms with Crippen LogP contribution in [0.1, 0.15) is 52.4 Å². The molecule has 0 aromatic heterocycles. The van der Waals surface area contributed by atoms with Crippen LogP contribution in [0, 0.1) is 0 Å². The second-order valence-corrected chi connectivity index (χ2v) is 9.47. The number of carbonyl (C=O) groups is 2. The smallest absolute Gasteiger partial charge is 0.257 e. The highest BCUT2D eigenvalue weighted by Gasteiger charge is 2.33. The number of carbonyl (C=O) groups excluding carboxylic acids is 2. The summed E-state index contributed by atoms with van der Waals surface area (Å²) in [6.07, 6.45) is 5.74. The third kappa shape index (κ3) is 4.42. The average Bonchev–Trinajstić information content (AvgIpc) is 2.88. The van der Waals surface area contributed by atoms with Crippen molar-refractivity contribution in [3.05, 3.63) is 64.7 Å². The van der Waals surface area contributed by atoms with Gasteiger partial charge in [0.2, 0.25) is 0 Å². The Morgan fingerprint density at radius 2 is 1.94 bits per heavy atom. The van der Waals surface area contributed by atoms with E-state index in [-0.39, 0.29) is 11.9 Å². The largest absolute Gasteiger partial charge is 0.496 e. The number of methoxy groups -OCH3 is 1. The third-order valence-corrected chi connectivity index (χ3v) is 7.60. The molecule has 2 fully saturated rings. The summed E-state index contributed by atoms with van der Waals surface area (Å²) in [7, 11) is 1.59. The van der Waals surface area contributed by atoms with Gasteiger partial charge in [-0.25, -0.2) is 0 Å². The second-order valence-electron chi connectivity index (χ2n) is 9.47. The van der Waals surface area contributed by atoms with Gasteiger partial charge in [0.1, 0.15) is 12.0 Å². The van der Waals surface area contributed by atoms with Crippen molar-refractivity contribution in [2.45, 2.75) is 44.3 Å². The molecule has 2 aromatic carbocycles. The first-order valence-corrected chi connectivity index (χ1v) is 12.2. The van der Waals surface area contributed by atoms with E-state index in [0.29, 0.717) is 30.4 Å². The van der Waals surface area contributed by atoms with E-state index in [0.717, 1.165) is 43.5 Å². The van der Waals surface area contributed by atoms with Gasteiger partial charge in [-0.1, -0.05) is 36.8 Å². The van der Waals surface area contributed by atoms with Crippen LogP contribution in [0.15, 0.2) is 42.5 Å². The Morgan fingerprint density at radius 1 is 1.06 bits per heavy atom. The molecule has 1 amide bonds. The Hall–Kier alpha value is -2.70. The normalized spacial score (nSPS) is 22.2. The van der Waals surface area contributed by atoms with Crippen LogP contribution in [0.25, 0.3) is 0 Å². The molecule has 0 saturated carbocycles. The first-order valence-electron chi connectivity index (χ1n) is 12.2. The van der Waals surface area contributed by atoms with Crippen molar-refractivity contribution in [2.24, 2.45) is 0 Å². The zero-order valence-corrected chi connectivity index (χ0v) is 19.4. The molecular weight excluding hydrogens is 414 g/mol. The number of fused-ring (bicyclic) bond motifs is 2. The van der Waals surface area contributed by atoms with Crippen molar-refractivity contribution in [1.82, 2.24) is 14.7 Å². The van der Waals surface area contributed by atoms with Crippen LogP contribution in [0.4, 0.5) is 0 Å². The summed E-state index contributed by atoms with van der Waals surface area (Å²) in [4.78, 5) is 32.1. The molecule has 3 aliphatic rings. The highest BCUT2D eigenvalue weighted by Crippen LogP contribution is 2.30. The van der Waals surface area contributed by atoms with Gasteiger partial charge in [0.15, 0.2) is 0 Å². The SMILES string of the molecule is COc1ccccc1C(=O)N1CCc2cc(C(C=O)N3CCN4CCCCC4C3)ccc2C1. The summed E-state index contributed by atoms with van der Waals surface area (Å²) in [6, 6.07) is 14.2. The van der Waals surface area contributed by atoms with E-state index in [1.807, 2.05) is 29.2 Å². The van der Waals surface area contributed by atoms with Gasteiger partial charge in [-0.2, -0.15) is 0 Å². The molecule has 33 heavy (non-hydrogen) atoms. The standard InChI is InChI=1S/C27H33N3O3/c1-33-26-8-3-2-7-24(26)27(32)30-13-11-20-16-21(9-10-22(20)17-30)25(19-31)29-15-14-28-12-5-4-6-23(28)18-29/h2-3,7-10,16,19,23,25H,4-6,11-15,17-18H2,1H3. The van der Waals surface area contributed by atoms with E-state index in [1.165, 1.54) is 31.4 Å². The van der Waals surface area contributed by atoms with Gasteiger partial charge in [0.05, 0.1) is 18.7 Å². The maximum absolute atomic E-state index is 13.1. The van der Waals surface area contributed by atoms with E-state index in [2.05, 4.69) is 28.0 Å². The Balaban J connectivity index is 1.30. The lowest BCUT2D eigenvalue weighted by atomic mass is 9.93. The van der Waals surface area contributed by atoms with Crippen LogP contribution < -0.4 is 4.74 Å². The number of ether oxygens (including phenoxy) is 1. The number of rotatable bonds is 5. The highest BCUT2D eigenvalue weighted by atomic mass is 16.5. The van der Waals surface area contributed by atoms with Crippen molar-refractivity contribution in [1.29, 1.82) is 0 Å². The van der Waals surface area contributed by atoms with E-state index >= 15 is 0 Å². The fourth-order valence-corrected chi connectivity index (χ4v) is 5.73. The Bertz CT molecular complexity index is 1020.